The lowest BCUT2D eigenvalue weighted by atomic mass is 10.2. The van der Waals surface area contributed by atoms with Crippen molar-refractivity contribution in [3.05, 3.63) is 35.7 Å². The van der Waals surface area contributed by atoms with Gasteiger partial charge >= 0.3 is 0 Å². The molecule has 0 bridgehead atoms. The van der Waals surface area contributed by atoms with Crippen molar-refractivity contribution in [2.45, 2.75) is 46.9 Å². The van der Waals surface area contributed by atoms with Crippen LogP contribution < -0.4 is 4.90 Å². The van der Waals surface area contributed by atoms with E-state index in [1.165, 1.54) is 27.0 Å². The fourth-order valence-corrected chi connectivity index (χ4v) is 8.83. The van der Waals surface area contributed by atoms with E-state index in [0.717, 1.165) is 28.0 Å². The van der Waals surface area contributed by atoms with E-state index in [4.69, 9.17) is 9.72 Å². The number of carbonyl (C=O) groups excluding carboxylic acids is 1. The molecule has 3 aromatic rings. The Morgan fingerprint density at radius 2 is 2.15 bits per heavy atom. The van der Waals surface area contributed by atoms with Crippen LogP contribution in [0.2, 0.25) is 0 Å². The maximum absolute atomic E-state index is 13.9. The summed E-state index contributed by atoms with van der Waals surface area (Å²) in [6, 6.07) is 8.61. The van der Waals surface area contributed by atoms with Gasteiger partial charge in [0.2, 0.25) is 5.91 Å². The molecule has 33 heavy (non-hydrogen) atoms. The Bertz CT molecular complexity index is 1240. The lowest BCUT2D eigenvalue weighted by Gasteiger charge is -2.29. The Kier molecular flexibility index (Phi) is 6.79. The topological polar surface area (TPSA) is 79.8 Å². The van der Waals surface area contributed by atoms with E-state index in [2.05, 4.69) is 0 Å². The van der Waals surface area contributed by atoms with Crippen LogP contribution in [0.1, 0.15) is 25.7 Å². The Morgan fingerprint density at radius 1 is 1.27 bits per heavy atom. The number of aromatic nitrogens is 1. The van der Waals surface area contributed by atoms with Crippen molar-refractivity contribution in [1.82, 2.24) is 9.29 Å². The van der Waals surface area contributed by atoms with Crippen LogP contribution in [0.25, 0.3) is 10.2 Å². The number of benzene rings is 1. The number of fused-ring (bicyclic) bond motifs is 1. The summed E-state index contributed by atoms with van der Waals surface area (Å²) < 4.78 is 35.0. The van der Waals surface area contributed by atoms with E-state index >= 15 is 0 Å². The number of hydrogen-bond donors (Lipinski definition) is 0. The molecule has 0 aliphatic carbocycles. The third kappa shape index (κ3) is 4.46. The molecule has 0 saturated carbocycles. The first-order valence-corrected chi connectivity index (χ1v) is 15.3. The summed E-state index contributed by atoms with van der Waals surface area (Å²) in [7, 11) is -3.72. The molecule has 7 nitrogen and oxygen atoms in total. The van der Waals surface area contributed by atoms with Gasteiger partial charge in [-0.1, -0.05) is 23.5 Å². The third-order valence-corrected chi connectivity index (χ3v) is 11.1. The highest BCUT2D eigenvalue weighted by Crippen LogP contribution is 2.36. The molecule has 1 aromatic carbocycles. The molecule has 2 fully saturated rings. The van der Waals surface area contributed by atoms with E-state index < -0.39 is 16.1 Å². The SMILES string of the molecule is CSc1cccc2sc(N(CC3CCCO3)C(=O)C3CCCN3S(=O)(=O)c3cccs3)nc12. The number of rotatable bonds is 7. The number of anilines is 1. The number of thiazole rings is 1. The monoisotopic (exact) mass is 523 g/mol. The molecule has 2 atom stereocenters. The molecule has 2 aliphatic rings. The van der Waals surface area contributed by atoms with Gasteiger partial charge in [0.05, 0.1) is 22.9 Å². The van der Waals surface area contributed by atoms with E-state index in [1.807, 2.05) is 24.5 Å². The van der Waals surface area contributed by atoms with E-state index in [-0.39, 0.29) is 16.2 Å². The first kappa shape index (κ1) is 23.3. The van der Waals surface area contributed by atoms with Crippen LogP contribution >= 0.6 is 34.4 Å². The van der Waals surface area contributed by atoms with Crippen molar-refractivity contribution in [3.63, 3.8) is 0 Å². The minimum atomic E-state index is -3.72. The third-order valence-electron chi connectivity index (χ3n) is 6.04. The average Bonchev–Trinajstić information content (AvgIpc) is 3.63. The second-order valence-electron chi connectivity index (χ2n) is 8.09. The van der Waals surface area contributed by atoms with Crippen LogP contribution in [0.5, 0.6) is 0 Å². The summed E-state index contributed by atoms with van der Waals surface area (Å²) in [4.78, 5) is 21.5. The summed E-state index contributed by atoms with van der Waals surface area (Å²) in [5.41, 5.74) is 0.879. The molecule has 4 heterocycles. The number of amides is 1. The number of ether oxygens (including phenoxy) is 1. The van der Waals surface area contributed by atoms with Gasteiger partial charge in [-0.3, -0.25) is 9.69 Å². The van der Waals surface area contributed by atoms with Gasteiger partial charge in [-0.05, 0) is 55.5 Å². The molecular formula is C22H25N3O4S4. The molecule has 1 amide bonds. The lowest BCUT2D eigenvalue weighted by molar-refractivity contribution is -0.122. The van der Waals surface area contributed by atoms with Gasteiger partial charge in [-0.25, -0.2) is 13.4 Å². The van der Waals surface area contributed by atoms with Crippen molar-refractivity contribution in [3.8, 4) is 0 Å². The molecular weight excluding hydrogens is 499 g/mol. The van der Waals surface area contributed by atoms with Crippen LogP contribution in [0, 0.1) is 0 Å². The van der Waals surface area contributed by atoms with Crippen LogP contribution in [0.4, 0.5) is 5.13 Å². The molecule has 2 saturated heterocycles. The summed E-state index contributed by atoms with van der Waals surface area (Å²) in [5.74, 6) is -0.215. The first-order chi connectivity index (χ1) is 16.0. The van der Waals surface area contributed by atoms with E-state index in [0.29, 0.717) is 37.7 Å². The molecule has 11 heteroatoms. The van der Waals surface area contributed by atoms with Gasteiger partial charge in [-0.15, -0.1) is 23.1 Å². The molecule has 2 aromatic heterocycles. The Hall–Kier alpha value is -1.50. The quantitative estimate of drug-likeness (QED) is 0.426. The van der Waals surface area contributed by atoms with E-state index in [9.17, 15) is 13.2 Å². The first-order valence-electron chi connectivity index (χ1n) is 10.9. The Balaban J connectivity index is 1.50. The minimum absolute atomic E-state index is 0.0651. The zero-order valence-corrected chi connectivity index (χ0v) is 21.4. The number of thioether (sulfide) groups is 1. The van der Waals surface area contributed by atoms with Gasteiger partial charge in [0.15, 0.2) is 5.13 Å². The zero-order chi connectivity index (χ0) is 23.0. The van der Waals surface area contributed by atoms with Gasteiger partial charge in [-0.2, -0.15) is 4.31 Å². The maximum Gasteiger partial charge on any atom is 0.253 e. The smallest absolute Gasteiger partial charge is 0.253 e. The van der Waals surface area contributed by atoms with Crippen molar-refractivity contribution >= 4 is 65.7 Å². The van der Waals surface area contributed by atoms with Crippen molar-refractivity contribution in [2.24, 2.45) is 0 Å². The lowest BCUT2D eigenvalue weighted by Crippen LogP contribution is -2.49. The van der Waals surface area contributed by atoms with Gasteiger partial charge in [0.25, 0.3) is 10.0 Å². The zero-order valence-electron chi connectivity index (χ0n) is 18.2. The number of para-hydroxylation sites is 1. The highest BCUT2D eigenvalue weighted by Gasteiger charge is 2.43. The second-order valence-corrected chi connectivity index (χ2v) is 13.0. The summed E-state index contributed by atoms with van der Waals surface area (Å²) in [5, 5.41) is 2.35. The fraction of sp³-hybridized carbons (Fsp3) is 0.455. The molecule has 5 rings (SSSR count). The average molecular weight is 524 g/mol. The standard InChI is InChI=1S/C22H25N3O4S4/c1-30-17-8-2-9-18-20(17)23-22(32-18)24(14-15-6-4-12-29-15)21(26)16-7-3-11-25(16)33(27,28)19-10-5-13-31-19/h2,5,8-10,13,15-16H,3-4,6-7,11-12,14H2,1H3. The van der Waals surface area contributed by atoms with Crippen LogP contribution in [0.15, 0.2) is 44.8 Å². The van der Waals surface area contributed by atoms with Gasteiger partial charge in [0, 0.05) is 18.0 Å². The van der Waals surface area contributed by atoms with Crippen LogP contribution in [-0.2, 0) is 19.6 Å². The molecule has 2 aliphatic heterocycles. The number of thiophene rings is 1. The summed E-state index contributed by atoms with van der Waals surface area (Å²) in [6.45, 7) is 1.42. The fourth-order valence-electron chi connectivity index (χ4n) is 4.43. The molecule has 0 N–H and O–H groups in total. The normalized spacial score (nSPS) is 21.7. The van der Waals surface area contributed by atoms with Crippen molar-refractivity contribution in [2.75, 3.05) is 30.9 Å². The minimum Gasteiger partial charge on any atom is -0.376 e. The highest BCUT2D eigenvalue weighted by atomic mass is 32.2. The Labute approximate surface area is 205 Å². The Morgan fingerprint density at radius 3 is 2.88 bits per heavy atom. The predicted octanol–water partition coefficient (Wildman–Crippen LogP) is 4.45. The molecule has 2 unspecified atom stereocenters. The largest absolute Gasteiger partial charge is 0.376 e. The molecule has 0 radical (unpaired) electrons. The highest BCUT2D eigenvalue weighted by molar-refractivity contribution is 7.98. The second kappa shape index (κ2) is 9.63. The number of hydrogen-bond acceptors (Lipinski definition) is 8. The maximum atomic E-state index is 13.9. The van der Waals surface area contributed by atoms with Gasteiger partial charge in [0.1, 0.15) is 10.3 Å². The summed E-state index contributed by atoms with van der Waals surface area (Å²) >= 11 is 4.27. The van der Waals surface area contributed by atoms with Crippen molar-refractivity contribution in [1.29, 1.82) is 0 Å². The molecule has 0 spiro atoms. The van der Waals surface area contributed by atoms with E-state index in [1.54, 1.807) is 34.2 Å². The van der Waals surface area contributed by atoms with Crippen molar-refractivity contribution < 1.29 is 17.9 Å². The van der Waals surface area contributed by atoms with Crippen LogP contribution in [-0.4, -0.2) is 61.7 Å². The van der Waals surface area contributed by atoms with Crippen LogP contribution in [0.3, 0.4) is 0 Å². The number of sulfonamides is 1. The number of carbonyl (C=O) groups is 1. The number of nitrogens with zero attached hydrogens (tertiary/aromatic N) is 3. The molecule has 176 valence electrons. The predicted molar refractivity (Wildman–Crippen MR) is 134 cm³/mol. The van der Waals surface area contributed by atoms with Gasteiger partial charge < -0.3 is 4.74 Å². The summed E-state index contributed by atoms with van der Waals surface area (Å²) in [6.07, 6.45) is 4.95.